The van der Waals surface area contributed by atoms with Crippen molar-refractivity contribution < 1.29 is 4.79 Å². The van der Waals surface area contributed by atoms with Gasteiger partial charge in [-0.3, -0.25) is 9.69 Å². The Labute approximate surface area is 159 Å². The van der Waals surface area contributed by atoms with E-state index in [2.05, 4.69) is 29.2 Å². The fourth-order valence-corrected chi connectivity index (χ4v) is 4.07. The second kappa shape index (κ2) is 8.75. The van der Waals surface area contributed by atoms with E-state index in [0.29, 0.717) is 0 Å². The monoisotopic (exact) mass is 374 g/mol. The second-order valence-electron chi connectivity index (χ2n) is 6.30. The van der Waals surface area contributed by atoms with E-state index in [1.54, 1.807) is 11.8 Å². The second-order valence-corrected chi connectivity index (χ2v) is 8.15. The molecule has 0 aliphatic carbocycles. The molecule has 1 heterocycles. The Morgan fingerprint density at radius 3 is 2.32 bits per heavy atom. The van der Waals surface area contributed by atoms with E-state index in [-0.39, 0.29) is 11.2 Å². The van der Waals surface area contributed by atoms with Crippen LogP contribution in [-0.2, 0) is 11.3 Å². The zero-order valence-electron chi connectivity index (χ0n) is 14.4. The Morgan fingerprint density at radius 1 is 1.04 bits per heavy atom. The smallest absolute Gasteiger partial charge is 0.235 e. The maximum absolute atomic E-state index is 12.7. The van der Waals surface area contributed by atoms with Crippen LogP contribution >= 0.6 is 23.4 Å². The number of rotatable bonds is 5. The molecule has 1 aliphatic rings. The average Bonchev–Trinajstić information content (AvgIpc) is 2.64. The highest BCUT2D eigenvalue weighted by Crippen LogP contribution is 2.26. The molecule has 0 N–H and O–H groups in total. The lowest BCUT2D eigenvalue weighted by Gasteiger charge is -2.35. The van der Waals surface area contributed by atoms with E-state index in [1.165, 1.54) is 5.56 Å². The normalized spacial score (nSPS) is 16.6. The first kappa shape index (κ1) is 18.3. The Kier molecular flexibility index (Phi) is 6.40. The molecule has 1 saturated heterocycles. The number of hydrogen-bond donors (Lipinski definition) is 0. The van der Waals surface area contributed by atoms with Gasteiger partial charge in [-0.2, -0.15) is 0 Å². The summed E-state index contributed by atoms with van der Waals surface area (Å²) in [7, 11) is 0. The summed E-state index contributed by atoms with van der Waals surface area (Å²) in [6, 6.07) is 18.2. The summed E-state index contributed by atoms with van der Waals surface area (Å²) >= 11 is 7.51. The van der Waals surface area contributed by atoms with Crippen LogP contribution in [0.5, 0.6) is 0 Å². The number of carbonyl (C=O) groups is 1. The molecule has 5 heteroatoms. The highest BCUT2D eigenvalue weighted by atomic mass is 35.5. The molecule has 1 amide bonds. The van der Waals surface area contributed by atoms with Crippen LogP contribution in [0.4, 0.5) is 0 Å². The molecule has 1 fully saturated rings. The van der Waals surface area contributed by atoms with Crippen molar-refractivity contribution in [2.75, 3.05) is 26.2 Å². The highest BCUT2D eigenvalue weighted by Gasteiger charge is 2.25. The van der Waals surface area contributed by atoms with E-state index >= 15 is 0 Å². The largest absolute Gasteiger partial charge is 0.339 e. The van der Waals surface area contributed by atoms with Gasteiger partial charge in [0.25, 0.3) is 0 Å². The Balaban J connectivity index is 1.48. The zero-order valence-corrected chi connectivity index (χ0v) is 16.0. The van der Waals surface area contributed by atoms with Crippen molar-refractivity contribution in [3.63, 3.8) is 0 Å². The van der Waals surface area contributed by atoms with Crippen molar-refractivity contribution in [2.45, 2.75) is 23.6 Å². The molecule has 0 spiro atoms. The third-order valence-corrected chi connectivity index (χ3v) is 5.76. The zero-order chi connectivity index (χ0) is 17.6. The molecular weight excluding hydrogens is 352 g/mol. The van der Waals surface area contributed by atoms with Crippen LogP contribution in [0.25, 0.3) is 0 Å². The number of thioether (sulfide) groups is 1. The molecular formula is C20H23ClN2OS. The molecule has 1 atom stereocenters. The first-order valence-electron chi connectivity index (χ1n) is 8.59. The number of nitrogens with zero attached hydrogens (tertiary/aromatic N) is 2. The van der Waals surface area contributed by atoms with Crippen LogP contribution < -0.4 is 0 Å². The van der Waals surface area contributed by atoms with E-state index in [0.717, 1.165) is 42.6 Å². The molecule has 0 saturated carbocycles. The third kappa shape index (κ3) is 5.24. The van der Waals surface area contributed by atoms with Crippen LogP contribution in [-0.4, -0.2) is 47.1 Å². The minimum atomic E-state index is -0.0816. The van der Waals surface area contributed by atoms with Gasteiger partial charge in [-0.15, -0.1) is 11.8 Å². The van der Waals surface area contributed by atoms with Crippen molar-refractivity contribution >= 4 is 29.3 Å². The quantitative estimate of drug-likeness (QED) is 0.734. The number of piperazine rings is 1. The molecule has 2 aromatic carbocycles. The molecule has 3 nitrogen and oxygen atoms in total. The topological polar surface area (TPSA) is 23.6 Å². The fourth-order valence-electron chi connectivity index (χ4n) is 2.99. The lowest BCUT2D eigenvalue weighted by Crippen LogP contribution is -2.50. The summed E-state index contributed by atoms with van der Waals surface area (Å²) < 4.78 is 0. The Morgan fingerprint density at radius 2 is 1.68 bits per heavy atom. The molecule has 0 radical (unpaired) electrons. The molecule has 0 bridgehead atoms. The standard InChI is InChI=1S/C20H23ClN2OS/c1-16(25-19-9-7-18(21)8-10-19)20(24)23-13-11-22(12-14-23)15-17-5-3-2-4-6-17/h2-10,16H,11-15H2,1H3/t16-/m1/s1. The van der Waals surface area contributed by atoms with Crippen molar-refractivity contribution in [2.24, 2.45) is 0 Å². The van der Waals surface area contributed by atoms with Crippen LogP contribution in [0.15, 0.2) is 59.5 Å². The van der Waals surface area contributed by atoms with E-state index in [1.807, 2.05) is 42.2 Å². The van der Waals surface area contributed by atoms with Gasteiger partial charge >= 0.3 is 0 Å². The van der Waals surface area contributed by atoms with Crippen LogP contribution in [0.1, 0.15) is 12.5 Å². The van der Waals surface area contributed by atoms with E-state index in [4.69, 9.17) is 11.6 Å². The van der Waals surface area contributed by atoms with Gasteiger partial charge < -0.3 is 4.90 Å². The maximum Gasteiger partial charge on any atom is 0.235 e. The van der Waals surface area contributed by atoms with E-state index < -0.39 is 0 Å². The predicted octanol–water partition coefficient (Wildman–Crippen LogP) is 4.17. The number of benzene rings is 2. The van der Waals surface area contributed by atoms with Gasteiger partial charge in [0.05, 0.1) is 5.25 Å². The molecule has 0 unspecified atom stereocenters. The van der Waals surface area contributed by atoms with Gasteiger partial charge in [-0.05, 0) is 36.8 Å². The Hall–Kier alpha value is -1.49. The lowest BCUT2D eigenvalue weighted by atomic mass is 10.2. The SMILES string of the molecule is C[C@@H](Sc1ccc(Cl)cc1)C(=O)N1CCN(Cc2ccccc2)CC1. The van der Waals surface area contributed by atoms with Crippen molar-refractivity contribution in [3.8, 4) is 0 Å². The van der Waals surface area contributed by atoms with Gasteiger partial charge in [-0.25, -0.2) is 0 Å². The molecule has 2 aromatic rings. The maximum atomic E-state index is 12.7. The molecule has 3 rings (SSSR count). The van der Waals surface area contributed by atoms with Crippen molar-refractivity contribution in [1.29, 1.82) is 0 Å². The number of halogens is 1. The minimum absolute atomic E-state index is 0.0816. The average molecular weight is 375 g/mol. The number of carbonyl (C=O) groups excluding carboxylic acids is 1. The van der Waals surface area contributed by atoms with Gasteiger partial charge in [-0.1, -0.05) is 41.9 Å². The fraction of sp³-hybridized carbons (Fsp3) is 0.350. The van der Waals surface area contributed by atoms with Crippen LogP contribution in [0, 0.1) is 0 Å². The van der Waals surface area contributed by atoms with Gasteiger partial charge in [0.15, 0.2) is 0 Å². The molecule has 132 valence electrons. The molecule has 25 heavy (non-hydrogen) atoms. The van der Waals surface area contributed by atoms with Crippen LogP contribution in [0.3, 0.4) is 0 Å². The van der Waals surface area contributed by atoms with Crippen LogP contribution in [0.2, 0.25) is 5.02 Å². The highest BCUT2D eigenvalue weighted by molar-refractivity contribution is 8.00. The summed E-state index contributed by atoms with van der Waals surface area (Å²) in [6.07, 6.45) is 0. The summed E-state index contributed by atoms with van der Waals surface area (Å²) in [5, 5.41) is 0.639. The Bertz CT molecular complexity index is 685. The van der Waals surface area contributed by atoms with E-state index in [9.17, 15) is 4.79 Å². The summed E-state index contributed by atoms with van der Waals surface area (Å²) in [4.78, 5) is 18.2. The van der Waals surface area contributed by atoms with Crippen molar-refractivity contribution in [3.05, 3.63) is 65.2 Å². The number of amides is 1. The molecule has 1 aliphatic heterocycles. The minimum Gasteiger partial charge on any atom is -0.339 e. The van der Waals surface area contributed by atoms with Crippen molar-refractivity contribution in [1.82, 2.24) is 9.80 Å². The summed E-state index contributed by atoms with van der Waals surface area (Å²) in [5.41, 5.74) is 1.33. The van der Waals surface area contributed by atoms with Gasteiger partial charge in [0.1, 0.15) is 0 Å². The third-order valence-electron chi connectivity index (χ3n) is 4.41. The number of hydrogen-bond acceptors (Lipinski definition) is 3. The predicted molar refractivity (Wildman–Crippen MR) is 105 cm³/mol. The molecule has 0 aromatic heterocycles. The van der Waals surface area contributed by atoms with Gasteiger partial charge in [0.2, 0.25) is 5.91 Å². The first-order valence-corrected chi connectivity index (χ1v) is 9.85. The summed E-state index contributed by atoms with van der Waals surface area (Å²) in [5.74, 6) is 0.222. The lowest BCUT2D eigenvalue weighted by molar-refractivity contribution is -0.132. The van der Waals surface area contributed by atoms with Gasteiger partial charge in [0, 0.05) is 42.6 Å². The first-order chi connectivity index (χ1) is 12.1. The summed E-state index contributed by atoms with van der Waals surface area (Å²) in [6.45, 7) is 6.40.